The van der Waals surface area contributed by atoms with Crippen molar-refractivity contribution in [3.8, 4) is 55.6 Å². The van der Waals surface area contributed by atoms with Crippen molar-refractivity contribution in [2.24, 2.45) is 0 Å². The average molecular weight is 878 g/mol. The molecule has 1 aliphatic carbocycles. The molecule has 0 amide bonds. The van der Waals surface area contributed by atoms with Crippen molar-refractivity contribution in [2.45, 2.75) is 45.4 Å². The van der Waals surface area contributed by atoms with E-state index in [2.05, 4.69) is 258 Å². The Hall–Kier alpha value is -7.52. The number of anilines is 3. The Morgan fingerprint density at radius 2 is 1.03 bits per heavy atom. The first-order chi connectivity index (χ1) is 32.6. The minimum Gasteiger partial charge on any atom is -0.309 e. The molecule has 0 bridgehead atoms. The van der Waals surface area contributed by atoms with Crippen molar-refractivity contribution in [3.63, 3.8) is 0 Å². The first-order valence-electron chi connectivity index (χ1n) is 23.5. The van der Waals surface area contributed by atoms with Crippen LogP contribution in [-0.2, 0) is 10.8 Å². The third-order valence-corrected chi connectivity index (χ3v) is 15.4. The molecule has 0 saturated carbocycles. The van der Waals surface area contributed by atoms with Crippen LogP contribution in [0.4, 0.5) is 17.1 Å². The molecule has 1 aliphatic rings. The molecule has 1 aromatic heterocycles. The highest BCUT2D eigenvalue weighted by Gasteiger charge is 2.36. The summed E-state index contributed by atoms with van der Waals surface area (Å²) < 4.78 is 2.61. The molecule has 0 N–H and O–H groups in total. The Balaban J connectivity index is 1.16. The van der Waals surface area contributed by atoms with Gasteiger partial charge in [-0.1, -0.05) is 211 Å². The minimum atomic E-state index is -0.181. The maximum atomic E-state index is 2.56. The van der Waals surface area contributed by atoms with Crippen LogP contribution in [0.5, 0.6) is 0 Å². The van der Waals surface area contributed by atoms with Crippen LogP contribution in [-0.4, -0.2) is 0 Å². The molecule has 67 heavy (non-hydrogen) atoms. The molecule has 0 radical (unpaired) electrons. The number of fused-ring (bicyclic) bond motifs is 7. The van der Waals surface area contributed by atoms with Crippen LogP contribution in [0.2, 0.25) is 0 Å². The van der Waals surface area contributed by atoms with Gasteiger partial charge < -0.3 is 4.90 Å². The lowest BCUT2D eigenvalue weighted by Gasteiger charge is -2.32. The first-order valence-corrected chi connectivity index (χ1v) is 24.3. The van der Waals surface area contributed by atoms with E-state index in [0.29, 0.717) is 0 Å². The second-order valence-electron chi connectivity index (χ2n) is 19.7. The molecule has 12 rings (SSSR count). The minimum absolute atomic E-state index is 0.0735. The quantitative estimate of drug-likeness (QED) is 0.154. The van der Waals surface area contributed by atoms with Gasteiger partial charge in [0.05, 0.1) is 11.4 Å². The summed E-state index contributed by atoms with van der Waals surface area (Å²) in [6.07, 6.45) is 0. The first kappa shape index (κ1) is 40.9. The van der Waals surface area contributed by atoms with Crippen molar-refractivity contribution in [1.29, 1.82) is 0 Å². The molecule has 10 aromatic carbocycles. The highest BCUT2D eigenvalue weighted by atomic mass is 32.1. The summed E-state index contributed by atoms with van der Waals surface area (Å²) in [6, 6.07) is 81.8. The number of rotatable bonds is 7. The number of hydrogen-bond acceptors (Lipinski definition) is 2. The molecule has 2 heteroatoms. The molecule has 1 heterocycles. The van der Waals surface area contributed by atoms with Gasteiger partial charge in [0.25, 0.3) is 0 Å². The van der Waals surface area contributed by atoms with Gasteiger partial charge in [0.1, 0.15) is 0 Å². The zero-order valence-corrected chi connectivity index (χ0v) is 39.5. The highest BCUT2D eigenvalue weighted by Crippen LogP contribution is 2.54. The van der Waals surface area contributed by atoms with Gasteiger partial charge in [0, 0.05) is 42.4 Å². The molecule has 0 spiro atoms. The van der Waals surface area contributed by atoms with Crippen LogP contribution >= 0.6 is 11.3 Å². The summed E-state index contributed by atoms with van der Waals surface area (Å²) in [5.41, 5.74) is 19.5. The fourth-order valence-electron chi connectivity index (χ4n) is 10.8. The highest BCUT2D eigenvalue weighted by molar-refractivity contribution is 7.25. The monoisotopic (exact) mass is 877 g/mol. The number of benzene rings is 10. The lowest BCUT2D eigenvalue weighted by atomic mass is 9.82. The third-order valence-electron chi connectivity index (χ3n) is 14.3. The summed E-state index contributed by atoms with van der Waals surface area (Å²) >= 11 is 1.87. The number of thiophene rings is 1. The van der Waals surface area contributed by atoms with Crippen molar-refractivity contribution >= 4 is 59.3 Å². The van der Waals surface area contributed by atoms with E-state index in [1.807, 2.05) is 11.3 Å². The molecular weight excluding hydrogens is 827 g/mol. The van der Waals surface area contributed by atoms with Gasteiger partial charge in [-0.25, -0.2) is 0 Å². The van der Waals surface area contributed by atoms with E-state index in [4.69, 9.17) is 0 Å². The molecule has 0 atom stereocenters. The summed E-state index contributed by atoms with van der Waals surface area (Å²) in [4.78, 5) is 2.56. The van der Waals surface area contributed by atoms with Crippen molar-refractivity contribution in [2.75, 3.05) is 4.90 Å². The lowest BCUT2D eigenvalue weighted by molar-refractivity contribution is 0.590. The largest absolute Gasteiger partial charge is 0.309 e. The van der Waals surface area contributed by atoms with E-state index in [0.717, 1.165) is 17.1 Å². The Labute approximate surface area is 398 Å². The van der Waals surface area contributed by atoms with Gasteiger partial charge in [-0.15, -0.1) is 11.3 Å². The van der Waals surface area contributed by atoms with E-state index in [-0.39, 0.29) is 10.8 Å². The Morgan fingerprint density at radius 3 is 1.84 bits per heavy atom. The SMILES string of the molecule is CC(C)(C)c1ccc(-c2ccc(N(c3ccc4c(c3)C(C)(C)c3ccccc3-4)c3ccc4ccccc4c3-c3ccccc3-c3cccc4sc5ccccc5c34)c(-c3ccccc3)c2)cc1. The van der Waals surface area contributed by atoms with Gasteiger partial charge in [0.2, 0.25) is 0 Å². The van der Waals surface area contributed by atoms with Gasteiger partial charge in [-0.2, -0.15) is 0 Å². The van der Waals surface area contributed by atoms with Crippen LogP contribution < -0.4 is 4.90 Å². The van der Waals surface area contributed by atoms with E-state index < -0.39 is 0 Å². The Kier molecular flexibility index (Phi) is 9.68. The maximum absolute atomic E-state index is 2.56. The predicted molar refractivity (Wildman–Crippen MR) is 290 cm³/mol. The topological polar surface area (TPSA) is 3.24 Å². The summed E-state index contributed by atoms with van der Waals surface area (Å²) in [5, 5.41) is 5.03. The summed E-state index contributed by atoms with van der Waals surface area (Å²) in [5.74, 6) is 0. The standard InChI is InChI=1S/C65H51NS/c1-64(2,3)46-34-30-42(31-35-46)45-33-38-58(55(40-45)43-18-7-6-8-19-43)66(47-36-37-51-50-23-13-15-27-56(50)65(4,5)57(51)41-47)59-39-32-44-20-9-10-21-48(44)62(59)52-24-12-11-22-49(52)53-26-17-29-61-63(53)54-25-14-16-28-60(54)67-61/h6-41H,1-5H3. The predicted octanol–water partition coefficient (Wildman–Crippen LogP) is 18.9. The molecule has 0 aliphatic heterocycles. The third kappa shape index (κ3) is 6.81. The van der Waals surface area contributed by atoms with Crippen LogP contribution in [0.15, 0.2) is 218 Å². The summed E-state index contributed by atoms with van der Waals surface area (Å²) in [6.45, 7) is 11.6. The normalized spacial score (nSPS) is 13.0. The molecular formula is C65H51NS. The second-order valence-corrected chi connectivity index (χ2v) is 20.7. The van der Waals surface area contributed by atoms with E-state index in [9.17, 15) is 0 Å². The zero-order valence-electron chi connectivity index (χ0n) is 38.6. The van der Waals surface area contributed by atoms with Crippen molar-refractivity contribution in [1.82, 2.24) is 0 Å². The maximum Gasteiger partial charge on any atom is 0.0546 e. The number of nitrogens with zero attached hydrogens (tertiary/aromatic N) is 1. The molecule has 0 unspecified atom stereocenters. The number of hydrogen-bond donors (Lipinski definition) is 0. The second kappa shape index (κ2) is 15.8. The van der Waals surface area contributed by atoms with E-state index in [1.165, 1.54) is 103 Å². The van der Waals surface area contributed by atoms with Crippen LogP contribution in [0.1, 0.15) is 51.3 Å². The molecule has 322 valence electrons. The van der Waals surface area contributed by atoms with Gasteiger partial charge in [0.15, 0.2) is 0 Å². The lowest BCUT2D eigenvalue weighted by Crippen LogP contribution is -2.17. The Bertz CT molecular complexity index is 3700. The van der Waals surface area contributed by atoms with Crippen LogP contribution in [0.3, 0.4) is 0 Å². The van der Waals surface area contributed by atoms with Crippen LogP contribution in [0, 0.1) is 0 Å². The zero-order chi connectivity index (χ0) is 45.4. The molecule has 1 nitrogen and oxygen atoms in total. The van der Waals surface area contributed by atoms with Gasteiger partial charge in [-0.05, 0) is 120 Å². The molecule has 0 fully saturated rings. The van der Waals surface area contributed by atoms with Crippen LogP contribution in [0.25, 0.3) is 86.6 Å². The van der Waals surface area contributed by atoms with Gasteiger partial charge in [-0.3, -0.25) is 0 Å². The average Bonchev–Trinajstić information content (AvgIpc) is 3.86. The van der Waals surface area contributed by atoms with Gasteiger partial charge >= 0.3 is 0 Å². The summed E-state index contributed by atoms with van der Waals surface area (Å²) in [7, 11) is 0. The Morgan fingerprint density at radius 1 is 0.403 bits per heavy atom. The van der Waals surface area contributed by atoms with E-state index in [1.54, 1.807) is 0 Å². The fourth-order valence-corrected chi connectivity index (χ4v) is 12.0. The molecule has 11 aromatic rings. The molecule has 0 saturated heterocycles. The smallest absolute Gasteiger partial charge is 0.0546 e. The van der Waals surface area contributed by atoms with Crippen molar-refractivity contribution in [3.05, 3.63) is 235 Å². The van der Waals surface area contributed by atoms with Crippen molar-refractivity contribution < 1.29 is 0 Å². The van der Waals surface area contributed by atoms with E-state index >= 15 is 0 Å². The fraction of sp³-hybridized carbons (Fsp3) is 0.108.